The van der Waals surface area contributed by atoms with Crippen molar-refractivity contribution in [3.05, 3.63) is 100 Å². The molecule has 0 amide bonds. The molecule has 0 bridgehead atoms. The molecular weight excluding hydrogens is 307 g/mol. The van der Waals surface area contributed by atoms with Crippen LogP contribution in [0.5, 0.6) is 17.2 Å². The van der Waals surface area contributed by atoms with Gasteiger partial charge in [-0.2, -0.15) is 0 Å². The summed E-state index contributed by atoms with van der Waals surface area (Å²) in [4.78, 5) is 12.5. The molecule has 3 aromatic rings. The van der Waals surface area contributed by atoms with Crippen LogP contribution in [-0.2, 0) is 6.61 Å². The number of hydrogen-bond donors (Lipinski definition) is 0. The largest absolute Gasteiger partial charge is 0.485 e. The zero-order valence-electron chi connectivity index (χ0n) is 12.8. The first kappa shape index (κ1) is 15.7. The second-order valence-corrected chi connectivity index (χ2v) is 5.11. The zero-order chi connectivity index (χ0) is 16.8. The number of halogens is 1. The highest BCUT2D eigenvalue weighted by Crippen LogP contribution is 2.20. The van der Waals surface area contributed by atoms with Crippen LogP contribution in [0.3, 0.4) is 0 Å². The second-order valence-electron chi connectivity index (χ2n) is 5.11. The van der Waals surface area contributed by atoms with Gasteiger partial charge in [-0.25, -0.2) is 4.39 Å². The van der Waals surface area contributed by atoms with E-state index in [9.17, 15) is 9.18 Å². The molecule has 24 heavy (non-hydrogen) atoms. The standard InChI is InChI=1S/C20H15FO3/c21-16-10-12-17(13-11-16)24-19-9-5-4-8-18(20(19)22)23-14-15-6-2-1-3-7-15/h1-13H,14H2. The van der Waals surface area contributed by atoms with Crippen molar-refractivity contribution in [2.24, 2.45) is 0 Å². The lowest BCUT2D eigenvalue weighted by molar-refractivity contribution is 0.302. The lowest BCUT2D eigenvalue weighted by atomic mass is 10.2. The first-order valence-corrected chi connectivity index (χ1v) is 7.46. The van der Waals surface area contributed by atoms with Gasteiger partial charge in [0.15, 0.2) is 11.5 Å². The van der Waals surface area contributed by atoms with Crippen molar-refractivity contribution < 1.29 is 13.9 Å². The molecule has 3 nitrogen and oxygen atoms in total. The molecule has 0 aliphatic heterocycles. The molecule has 0 saturated carbocycles. The number of benzene rings is 2. The van der Waals surface area contributed by atoms with Crippen molar-refractivity contribution in [3.8, 4) is 17.2 Å². The van der Waals surface area contributed by atoms with Gasteiger partial charge < -0.3 is 9.47 Å². The van der Waals surface area contributed by atoms with Crippen LogP contribution in [0.4, 0.5) is 4.39 Å². The molecule has 0 atom stereocenters. The maximum absolute atomic E-state index is 13.0. The van der Waals surface area contributed by atoms with Gasteiger partial charge in [0.05, 0.1) is 0 Å². The van der Waals surface area contributed by atoms with Gasteiger partial charge in [-0.15, -0.1) is 0 Å². The summed E-state index contributed by atoms with van der Waals surface area (Å²) >= 11 is 0. The van der Waals surface area contributed by atoms with Crippen LogP contribution in [0, 0.1) is 5.82 Å². The lowest BCUT2D eigenvalue weighted by Crippen LogP contribution is -2.07. The Balaban J connectivity index is 1.82. The summed E-state index contributed by atoms with van der Waals surface area (Å²) in [5, 5.41) is 0. The molecule has 0 aromatic heterocycles. The van der Waals surface area contributed by atoms with E-state index in [0.29, 0.717) is 5.75 Å². The third kappa shape index (κ3) is 3.98. The topological polar surface area (TPSA) is 35.5 Å². The van der Waals surface area contributed by atoms with Crippen molar-refractivity contribution in [3.63, 3.8) is 0 Å². The van der Waals surface area contributed by atoms with Gasteiger partial charge in [-0.3, -0.25) is 4.79 Å². The highest BCUT2D eigenvalue weighted by atomic mass is 19.1. The highest BCUT2D eigenvalue weighted by Gasteiger charge is 2.07. The van der Waals surface area contributed by atoms with E-state index in [1.165, 1.54) is 24.3 Å². The summed E-state index contributed by atoms with van der Waals surface area (Å²) in [6, 6.07) is 21.6. The Bertz CT molecular complexity index is 862. The molecule has 3 aromatic carbocycles. The summed E-state index contributed by atoms with van der Waals surface area (Å²) in [5.41, 5.74) is 0.602. The fourth-order valence-electron chi connectivity index (χ4n) is 2.12. The number of rotatable bonds is 5. The van der Waals surface area contributed by atoms with Gasteiger partial charge in [0, 0.05) is 0 Å². The van der Waals surface area contributed by atoms with Crippen LogP contribution in [0.2, 0.25) is 0 Å². The van der Waals surface area contributed by atoms with Crippen LogP contribution in [0.15, 0.2) is 83.7 Å². The normalized spacial score (nSPS) is 10.2. The van der Waals surface area contributed by atoms with Crippen molar-refractivity contribution in [1.82, 2.24) is 0 Å². The van der Waals surface area contributed by atoms with Gasteiger partial charge in [0.25, 0.3) is 5.43 Å². The Labute approximate surface area is 138 Å². The summed E-state index contributed by atoms with van der Waals surface area (Å²) in [5.74, 6) is 0.333. The molecule has 0 radical (unpaired) electrons. The van der Waals surface area contributed by atoms with Crippen molar-refractivity contribution in [2.75, 3.05) is 0 Å². The summed E-state index contributed by atoms with van der Waals surface area (Å²) < 4.78 is 24.1. The van der Waals surface area contributed by atoms with Crippen LogP contribution in [0.25, 0.3) is 0 Å². The van der Waals surface area contributed by atoms with Crippen LogP contribution >= 0.6 is 0 Å². The minimum Gasteiger partial charge on any atom is -0.485 e. The Kier molecular flexibility index (Phi) is 4.87. The van der Waals surface area contributed by atoms with Crippen LogP contribution < -0.4 is 14.9 Å². The third-order valence-electron chi connectivity index (χ3n) is 3.33. The smallest absolute Gasteiger partial charge is 0.262 e. The molecule has 0 fully saturated rings. The molecule has 0 aliphatic rings. The number of ether oxygens (including phenoxy) is 2. The number of hydrogen-bond acceptors (Lipinski definition) is 3. The van der Waals surface area contributed by atoms with E-state index < -0.39 is 0 Å². The molecule has 0 N–H and O–H groups in total. The molecular formula is C20H15FO3. The zero-order valence-corrected chi connectivity index (χ0v) is 12.8. The second kappa shape index (κ2) is 7.42. The van der Waals surface area contributed by atoms with Crippen LogP contribution in [0.1, 0.15) is 5.56 Å². The van der Waals surface area contributed by atoms with Gasteiger partial charge in [0.1, 0.15) is 18.2 Å². The van der Waals surface area contributed by atoms with E-state index in [0.717, 1.165) is 5.56 Å². The monoisotopic (exact) mass is 322 g/mol. The van der Waals surface area contributed by atoms with E-state index >= 15 is 0 Å². The van der Waals surface area contributed by atoms with E-state index in [1.807, 2.05) is 30.3 Å². The first-order valence-electron chi connectivity index (χ1n) is 7.46. The summed E-state index contributed by atoms with van der Waals surface area (Å²) in [6.07, 6.45) is 0. The molecule has 4 heteroatoms. The van der Waals surface area contributed by atoms with E-state index in [4.69, 9.17) is 9.47 Å². The average molecular weight is 322 g/mol. The first-order chi connectivity index (χ1) is 11.7. The van der Waals surface area contributed by atoms with Crippen LogP contribution in [-0.4, -0.2) is 0 Å². The SMILES string of the molecule is O=c1c(OCc2ccccc2)ccccc1Oc1ccc(F)cc1. The fraction of sp³-hybridized carbons (Fsp3) is 0.0500. The predicted octanol–water partition coefficient (Wildman–Crippen LogP) is 4.56. The van der Waals surface area contributed by atoms with E-state index in [-0.39, 0.29) is 29.4 Å². The van der Waals surface area contributed by atoms with Crippen molar-refractivity contribution in [1.29, 1.82) is 0 Å². The lowest BCUT2D eigenvalue weighted by Gasteiger charge is -2.06. The van der Waals surface area contributed by atoms with Gasteiger partial charge in [-0.05, 0) is 42.0 Å². The summed E-state index contributed by atoms with van der Waals surface area (Å²) in [7, 11) is 0. The molecule has 0 aliphatic carbocycles. The highest BCUT2D eigenvalue weighted by molar-refractivity contribution is 5.35. The molecule has 0 saturated heterocycles. The summed E-state index contributed by atoms with van der Waals surface area (Å²) in [6.45, 7) is 0.288. The Hall–Kier alpha value is -3.14. The minimum absolute atomic E-state index is 0.120. The predicted molar refractivity (Wildman–Crippen MR) is 90.0 cm³/mol. The fourth-order valence-corrected chi connectivity index (χ4v) is 2.12. The van der Waals surface area contributed by atoms with Crippen molar-refractivity contribution >= 4 is 0 Å². The minimum atomic E-state index is -0.366. The molecule has 0 heterocycles. The third-order valence-corrected chi connectivity index (χ3v) is 3.33. The maximum Gasteiger partial charge on any atom is 0.262 e. The van der Waals surface area contributed by atoms with E-state index in [1.54, 1.807) is 24.3 Å². The Morgan fingerprint density at radius 3 is 2.08 bits per heavy atom. The molecule has 120 valence electrons. The van der Waals surface area contributed by atoms with Gasteiger partial charge >= 0.3 is 0 Å². The van der Waals surface area contributed by atoms with E-state index in [2.05, 4.69) is 0 Å². The van der Waals surface area contributed by atoms with Gasteiger partial charge in [-0.1, -0.05) is 42.5 Å². The maximum atomic E-state index is 13.0. The van der Waals surface area contributed by atoms with Gasteiger partial charge in [0.2, 0.25) is 0 Å². The average Bonchev–Trinajstić information content (AvgIpc) is 2.78. The quantitative estimate of drug-likeness (QED) is 0.691. The van der Waals surface area contributed by atoms with Crippen molar-refractivity contribution in [2.45, 2.75) is 6.61 Å². The Morgan fingerprint density at radius 1 is 0.750 bits per heavy atom. The molecule has 3 rings (SSSR count). The molecule has 0 unspecified atom stereocenters. The Morgan fingerprint density at radius 2 is 1.38 bits per heavy atom. The molecule has 0 spiro atoms.